The zero-order valence-electron chi connectivity index (χ0n) is 14.0. The summed E-state index contributed by atoms with van der Waals surface area (Å²) in [4.78, 5) is 14.6. The molecule has 1 aliphatic heterocycles. The number of methoxy groups -OCH3 is 1. The van der Waals surface area contributed by atoms with Crippen LogP contribution in [0.15, 0.2) is 29.3 Å². The molecule has 10 heteroatoms. The first-order valence-corrected chi connectivity index (χ1v) is 9.69. The van der Waals surface area contributed by atoms with E-state index < -0.39 is 14.8 Å². The molecule has 1 fully saturated rings. The summed E-state index contributed by atoms with van der Waals surface area (Å²) in [6.07, 6.45) is 0.546. The average molecular weight is 370 g/mol. The van der Waals surface area contributed by atoms with Gasteiger partial charge in [0.15, 0.2) is 15.8 Å². The van der Waals surface area contributed by atoms with Crippen molar-refractivity contribution in [3.8, 4) is 0 Å². The molecule has 0 aliphatic carbocycles. The van der Waals surface area contributed by atoms with Crippen molar-refractivity contribution in [3.63, 3.8) is 0 Å². The maximum absolute atomic E-state index is 11.6. The van der Waals surface area contributed by atoms with Gasteiger partial charge >= 0.3 is 0 Å². The summed E-state index contributed by atoms with van der Waals surface area (Å²) in [5.74, 6) is 0.769. The first-order chi connectivity index (χ1) is 11.9. The van der Waals surface area contributed by atoms with Gasteiger partial charge in [-0.25, -0.2) is 13.4 Å². The van der Waals surface area contributed by atoms with Gasteiger partial charge in [0, 0.05) is 31.8 Å². The van der Waals surface area contributed by atoms with E-state index in [0.29, 0.717) is 32.1 Å². The van der Waals surface area contributed by atoms with Gasteiger partial charge in [-0.2, -0.15) is 0 Å². The van der Waals surface area contributed by atoms with Crippen LogP contribution in [0.1, 0.15) is 12.0 Å². The Morgan fingerprint density at radius 3 is 2.68 bits per heavy atom. The Morgan fingerprint density at radius 2 is 2.12 bits per heavy atom. The van der Waals surface area contributed by atoms with Gasteiger partial charge in [0.2, 0.25) is 0 Å². The predicted molar refractivity (Wildman–Crippen MR) is 94.3 cm³/mol. The highest BCUT2D eigenvalue weighted by molar-refractivity contribution is 7.91. The number of sulfone groups is 1. The Balaban J connectivity index is 2.00. The van der Waals surface area contributed by atoms with Crippen molar-refractivity contribution in [1.82, 2.24) is 10.6 Å². The molecular weight excluding hydrogens is 348 g/mol. The van der Waals surface area contributed by atoms with Crippen molar-refractivity contribution >= 4 is 21.5 Å². The van der Waals surface area contributed by atoms with Crippen LogP contribution in [0.3, 0.4) is 0 Å². The van der Waals surface area contributed by atoms with E-state index in [0.717, 1.165) is 5.56 Å². The molecule has 2 rings (SSSR count). The van der Waals surface area contributed by atoms with Gasteiger partial charge in [0.25, 0.3) is 5.69 Å². The first-order valence-electron chi connectivity index (χ1n) is 7.87. The molecule has 1 atom stereocenters. The fourth-order valence-electron chi connectivity index (χ4n) is 2.42. The van der Waals surface area contributed by atoms with Crippen LogP contribution in [0.4, 0.5) is 5.69 Å². The monoisotopic (exact) mass is 370 g/mol. The summed E-state index contributed by atoms with van der Waals surface area (Å²) >= 11 is 0. The number of nitrogens with zero attached hydrogens (tertiary/aromatic N) is 2. The molecule has 0 spiro atoms. The molecule has 2 N–H and O–H groups in total. The van der Waals surface area contributed by atoms with Crippen LogP contribution < -0.4 is 10.6 Å². The van der Waals surface area contributed by atoms with Crippen LogP contribution in [0, 0.1) is 10.1 Å². The molecule has 1 aromatic rings. The molecule has 0 saturated carbocycles. The van der Waals surface area contributed by atoms with Gasteiger partial charge < -0.3 is 15.4 Å². The standard InChI is InChI=1S/C15H22N4O5S/c1-24-8-7-16-15(18-13-6-9-25(22,23)11-13)17-10-12-2-4-14(5-3-12)19(20)21/h2-5,13H,6-11H2,1H3,(H2,16,17,18). The molecule has 0 bridgehead atoms. The lowest BCUT2D eigenvalue weighted by molar-refractivity contribution is -0.384. The van der Waals surface area contributed by atoms with Crippen LogP contribution in [0.25, 0.3) is 0 Å². The number of hydrogen-bond acceptors (Lipinski definition) is 6. The zero-order chi connectivity index (χ0) is 18.3. The van der Waals surface area contributed by atoms with Gasteiger partial charge in [0.1, 0.15) is 0 Å². The SMILES string of the molecule is COCCNC(=NCc1ccc([N+](=O)[O-])cc1)NC1CCS(=O)(=O)C1. The second kappa shape index (κ2) is 8.77. The van der Waals surface area contributed by atoms with Gasteiger partial charge in [0.05, 0.1) is 29.6 Å². The Hall–Kier alpha value is -2.20. The Labute approximate surface area is 146 Å². The third kappa shape index (κ3) is 6.31. The fourth-order valence-corrected chi connectivity index (χ4v) is 4.09. The fraction of sp³-hybridized carbons (Fsp3) is 0.533. The second-order valence-electron chi connectivity index (χ2n) is 5.75. The average Bonchev–Trinajstić information content (AvgIpc) is 2.91. The quantitative estimate of drug-likeness (QED) is 0.235. The van der Waals surface area contributed by atoms with Gasteiger partial charge in [-0.15, -0.1) is 0 Å². The molecule has 1 aliphatic rings. The van der Waals surface area contributed by atoms with E-state index >= 15 is 0 Å². The lowest BCUT2D eigenvalue weighted by Crippen LogP contribution is -2.45. The largest absolute Gasteiger partial charge is 0.383 e. The minimum Gasteiger partial charge on any atom is -0.383 e. The van der Waals surface area contributed by atoms with Crippen LogP contribution in [0.5, 0.6) is 0 Å². The van der Waals surface area contributed by atoms with Gasteiger partial charge in [-0.3, -0.25) is 10.1 Å². The number of nitro benzene ring substituents is 1. The molecule has 9 nitrogen and oxygen atoms in total. The summed E-state index contributed by atoms with van der Waals surface area (Å²) in [5.41, 5.74) is 0.845. The van der Waals surface area contributed by atoms with Crippen molar-refractivity contribution in [2.45, 2.75) is 19.0 Å². The van der Waals surface area contributed by atoms with Crippen LogP contribution in [0.2, 0.25) is 0 Å². The van der Waals surface area contributed by atoms with Crippen LogP contribution in [-0.2, 0) is 21.1 Å². The van der Waals surface area contributed by atoms with Gasteiger partial charge in [-0.05, 0) is 12.0 Å². The number of benzene rings is 1. The van der Waals surface area contributed by atoms with Crippen LogP contribution >= 0.6 is 0 Å². The number of hydrogen-bond donors (Lipinski definition) is 2. The first kappa shape index (κ1) is 19.1. The normalized spacial score (nSPS) is 19.6. The maximum Gasteiger partial charge on any atom is 0.269 e. The molecule has 0 radical (unpaired) electrons. The van der Waals surface area contributed by atoms with E-state index in [2.05, 4.69) is 15.6 Å². The topological polar surface area (TPSA) is 123 Å². The Kier molecular flexibility index (Phi) is 6.71. The number of rotatable bonds is 7. The van der Waals surface area contributed by atoms with Crippen molar-refractivity contribution in [3.05, 3.63) is 39.9 Å². The summed E-state index contributed by atoms with van der Waals surface area (Å²) < 4.78 is 28.1. The van der Waals surface area contributed by atoms with Crippen molar-refractivity contribution < 1.29 is 18.1 Å². The number of aliphatic imine (C=N–C) groups is 1. The van der Waals surface area contributed by atoms with E-state index in [9.17, 15) is 18.5 Å². The van der Waals surface area contributed by atoms with E-state index in [4.69, 9.17) is 4.74 Å². The van der Waals surface area contributed by atoms with E-state index in [1.165, 1.54) is 12.1 Å². The molecule has 1 heterocycles. The molecule has 25 heavy (non-hydrogen) atoms. The number of nitrogens with one attached hydrogen (secondary N) is 2. The maximum atomic E-state index is 11.6. The highest BCUT2D eigenvalue weighted by Crippen LogP contribution is 2.13. The van der Waals surface area contributed by atoms with E-state index in [-0.39, 0.29) is 23.2 Å². The van der Waals surface area contributed by atoms with Crippen molar-refractivity contribution in [2.24, 2.45) is 4.99 Å². The molecule has 1 aromatic carbocycles. The van der Waals surface area contributed by atoms with E-state index in [1.807, 2.05) is 0 Å². The lowest BCUT2D eigenvalue weighted by Gasteiger charge is -2.16. The molecule has 0 aromatic heterocycles. The predicted octanol–water partition coefficient (Wildman–Crippen LogP) is 0.464. The van der Waals surface area contributed by atoms with Crippen LogP contribution in [-0.4, -0.2) is 57.1 Å². The number of ether oxygens (including phenoxy) is 1. The molecule has 1 unspecified atom stereocenters. The second-order valence-corrected chi connectivity index (χ2v) is 7.98. The summed E-state index contributed by atoms with van der Waals surface area (Å²) in [6, 6.07) is 5.98. The number of guanidine groups is 1. The van der Waals surface area contributed by atoms with E-state index in [1.54, 1.807) is 19.2 Å². The molecule has 138 valence electrons. The molecular formula is C15H22N4O5S. The third-order valence-corrected chi connectivity index (χ3v) is 5.51. The minimum absolute atomic E-state index is 0.0282. The Morgan fingerprint density at radius 1 is 1.40 bits per heavy atom. The summed E-state index contributed by atoms with van der Waals surface area (Å²) in [6.45, 7) is 1.34. The number of non-ortho nitro benzene ring substituents is 1. The molecule has 0 amide bonds. The van der Waals surface area contributed by atoms with Crippen molar-refractivity contribution in [2.75, 3.05) is 31.8 Å². The molecule has 1 saturated heterocycles. The summed E-state index contributed by atoms with van der Waals surface area (Å²) in [5, 5.41) is 16.9. The highest BCUT2D eigenvalue weighted by atomic mass is 32.2. The Bertz CT molecular complexity index is 718. The lowest BCUT2D eigenvalue weighted by atomic mass is 10.2. The van der Waals surface area contributed by atoms with Crippen molar-refractivity contribution in [1.29, 1.82) is 0 Å². The smallest absolute Gasteiger partial charge is 0.269 e. The minimum atomic E-state index is -2.98. The number of nitro groups is 1. The highest BCUT2D eigenvalue weighted by Gasteiger charge is 2.28. The summed E-state index contributed by atoms with van der Waals surface area (Å²) in [7, 11) is -1.39. The van der Waals surface area contributed by atoms with Gasteiger partial charge in [-0.1, -0.05) is 12.1 Å². The third-order valence-electron chi connectivity index (χ3n) is 3.74. The zero-order valence-corrected chi connectivity index (χ0v) is 14.8.